The van der Waals surface area contributed by atoms with Crippen molar-refractivity contribution in [1.29, 1.82) is 0 Å². The first-order valence-corrected chi connectivity index (χ1v) is 7.46. The smallest absolute Gasteiger partial charge is 0.125 e. The number of benzene rings is 1. The zero-order valence-corrected chi connectivity index (χ0v) is 13.2. The molecule has 2 aromatic rings. The van der Waals surface area contributed by atoms with Crippen molar-refractivity contribution in [2.24, 2.45) is 0 Å². The standard InChI is InChI=1S/C18H25NO/c1-6-15-8-9-17(20-15)18(19-7-2)16-11-13(4)12(3)10-14(16)5/h8-11,18-19H,6-7H2,1-5H3. The van der Waals surface area contributed by atoms with Crippen LogP contribution in [0.4, 0.5) is 0 Å². The summed E-state index contributed by atoms with van der Waals surface area (Å²) in [6.45, 7) is 11.7. The summed E-state index contributed by atoms with van der Waals surface area (Å²) in [6.07, 6.45) is 0.935. The number of furan rings is 1. The third kappa shape index (κ3) is 2.96. The second kappa shape index (κ2) is 6.27. The maximum absolute atomic E-state index is 5.96. The highest BCUT2D eigenvalue weighted by molar-refractivity contribution is 5.41. The van der Waals surface area contributed by atoms with Crippen LogP contribution < -0.4 is 5.32 Å². The van der Waals surface area contributed by atoms with E-state index in [-0.39, 0.29) is 6.04 Å². The summed E-state index contributed by atoms with van der Waals surface area (Å²) in [7, 11) is 0. The molecule has 0 radical (unpaired) electrons. The lowest BCUT2D eigenvalue weighted by Gasteiger charge is -2.20. The summed E-state index contributed by atoms with van der Waals surface area (Å²) < 4.78 is 5.96. The summed E-state index contributed by atoms with van der Waals surface area (Å²) >= 11 is 0. The van der Waals surface area contributed by atoms with E-state index in [4.69, 9.17) is 4.42 Å². The lowest BCUT2D eigenvalue weighted by Crippen LogP contribution is -2.22. The van der Waals surface area contributed by atoms with Crippen molar-refractivity contribution >= 4 is 0 Å². The summed E-state index contributed by atoms with van der Waals surface area (Å²) in [5, 5.41) is 3.55. The normalized spacial score (nSPS) is 12.7. The molecular formula is C18H25NO. The van der Waals surface area contributed by atoms with Crippen molar-refractivity contribution in [2.75, 3.05) is 6.54 Å². The highest BCUT2D eigenvalue weighted by atomic mass is 16.3. The predicted octanol–water partition coefficient (Wildman–Crippen LogP) is 4.47. The van der Waals surface area contributed by atoms with Gasteiger partial charge in [0.15, 0.2) is 0 Å². The van der Waals surface area contributed by atoms with E-state index in [0.717, 1.165) is 24.5 Å². The molecule has 2 heteroatoms. The first-order chi connectivity index (χ1) is 9.56. The molecular weight excluding hydrogens is 246 g/mol. The van der Waals surface area contributed by atoms with E-state index >= 15 is 0 Å². The van der Waals surface area contributed by atoms with Gasteiger partial charge < -0.3 is 9.73 Å². The van der Waals surface area contributed by atoms with E-state index in [9.17, 15) is 0 Å². The predicted molar refractivity (Wildman–Crippen MR) is 84.3 cm³/mol. The Morgan fingerprint density at radius 2 is 1.70 bits per heavy atom. The van der Waals surface area contributed by atoms with Gasteiger partial charge >= 0.3 is 0 Å². The summed E-state index contributed by atoms with van der Waals surface area (Å²) in [5.74, 6) is 2.06. The number of hydrogen-bond acceptors (Lipinski definition) is 2. The Morgan fingerprint density at radius 1 is 1.00 bits per heavy atom. The summed E-state index contributed by atoms with van der Waals surface area (Å²) in [4.78, 5) is 0. The van der Waals surface area contributed by atoms with Crippen molar-refractivity contribution < 1.29 is 4.42 Å². The number of aryl methyl sites for hydroxylation is 4. The molecule has 1 aromatic heterocycles. The van der Waals surface area contributed by atoms with Gasteiger partial charge in [0.25, 0.3) is 0 Å². The zero-order valence-electron chi connectivity index (χ0n) is 13.2. The minimum Gasteiger partial charge on any atom is -0.464 e. The molecule has 20 heavy (non-hydrogen) atoms. The van der Waals surface area contributed by atoms with Crippen LogP contribution >= 0.6 is 0 Å². The van der Waals surface area contributed by atoms with E-state index in [2.05, 4.69) is 64.2 Å². The van der Waals surface area contributed by atoms with E-state index in [1.807, 2.05) is 0 Å². The van der Waals surface area contributed by atoms with Crippen LogP contribution in [-0.4, -0.2) is 6.54 Å². The van der Waals surface area contributed by atoms with Gasteiger partial charge in [0.05, 0.1) is 6.04 Å². The fraction of sp³-hybridized carbons (Fsp3) is 0.444. The lowest BCUT2D eigenvalue weighted by atomic mass is 9.94. The van der Waals surface area contributed by atoms with Gasteiger partial charge in [-0.05, 0) is 61.7 Å². The second-order valence-electron chi connectivity index (χ2n) is 5.44. The number of rotatable bonds is 5. The molecule has 0 aliphatic carbocycles. The molecule has 1 N–H and O–H groups in total. The van der Waals surface area contributed by atoms with Crippen LogP contribution in [0.15, 0.2) is 28.7 Å². The monoisotopic (exact) mass is 271 g/mol. The van der Waals surface area contributed by atoms with Gasteiger partial charge in [0.2, 0.25) is 0 Å². The first-order valence-electron chi connectivity index (χ1n) is 7.46. The minimum absolute atomic E-state index is 0.139. The molecule has 0 fully saturated rings. The third-order valence-corrected chi connectivity index (χ3v) is 3.92. The molecule has 0 aliphatic heterocycles. The molecule has 2 nitrogen and oxygen atoms in total. The fourth-order valence-electron chi connectivity index (χ4n) is 2.60. The topological polar surface area (TPSA) is 25.2 Å². The SMILES string of the molecule is CCNC(c1ccc(CC)o1)c1cc(C)c(C)cc1C. The van der Waals surface area contributed by atoms with E-state index < -0.39 is 0 Å². The van der Waals surface area contributed by atoms with Crippen molar-refractivity contribution in [3.8, 4) is 0 Å². The molecule has 1 heterocycles. The molecule has 1 unspecified atom stereocenters. The molecule has 0 spiro atoms. The van der Waals surface area contributed by atoms with Gasteiger partial charge in [-0.15, -0.1) is 0 Å². The lowest BCUT2D eigenvalue weighted by molar-refractivity contribution is 0.425. The Kier molecular flexibility index (Phi) is 4.66. The van der Waals surface area contributed by atoms with Crippen LogP contribution in [0.25, 0.3) is 0 Å². The molecule has 0 saturated heterocycles. The van der Waals surface area contributed by atoms with Crippen LogP contribution in [0.1, 0.15) is 53.7 Å². The number of nitrogens with one attached hydrogen (secondary N) is 1. The van der Waals surface area contributed by atoms with Gasteiger partial charge in [-0.1, -0.05) is 26.0 Å². The van der Waals surface area contributed by atoms with Crippen LogP contribution in [0.2, 0.25) is 0 Å². The fourth-order valence-corrected chi connectivity index (χ4v) is 2.60. The van der Waals surface area contributed by atoms with Crippen LogP contribution in [0.3, 0.4) is 0 Å². The molecule has 0 saturated carbocycles. The van der Waals surface area contributed by atoms with Gasteiger partial charge in [0, 0.05) is 6.42 Å². The second-order valence-corrected chi connectivity index (χ2v) is 5.44. The molecule has 1 atom stereocenters. The summed E-state index contributed by atoms with van der Waals surface area (Å²) in [6, 6.07) is 8.86. The van der Waals surface area contributed by atoms with E-state index in [1.54, 1.807) is 0 Å². The Bertz CT molecular complexity index is 583. The quantitative estimate of drug-likeness (QED) is 0.868. The van der Waals surface area contributed by atoms with Crippen LogP contribution in [0.5, 0.6) is 0 Å². The Labute approximate surface area is 122 Å². The van der Waals surface area contributed by atoms with Gasteiger partial charge in [-0.3, -0.25) is 0 Å². The Balaban J connectivity index is 2.45. The maximum Gasteiger partial charge on any atom is 0.125 e. The Morgan fingerprint density at radius 3 is 2.30 bits per heavy atom. The molecule has 0 aliphatic rings. The van der Waals surface area contributed by atoms with Crippen LogP contribution in [-0.2, 0) is 6.42 Å². The van der Waals surface area contributed by atoms with Crippen molar-refractivity contribution in [3.05, 3.63) is 58.0 Å². The largest absolute Gasteiger partial charge is 0.464 e. The maximum atomic E-state index is 5.96. The first kappa shape index (κ1) is 14.9. The average Bonchev–Trinajstić information content (AvgIpc) is 2.89. The van der Waals surface area contributed by atoms with Crippen LogP contribution in [0, 0.1) is 20.8 Å². The average molecular weight is 271 g/mol. The molecule has 1 aromatic carbocycles. The Hall–Kier alpha value is -1.54. The van der Waals surface area contributed by atoms with Gasteiger partial charge in [-0.25, -0.2) is 0 Å². The van der Waals surface area contributed by atoms with Crippen molar-refractivity contribution in [2.45, 2.75) is 47.1 Å². The molecule has 0 amide bonds. The third-order valence-electron chi connectivity index (χ3n) is 3.92. The zero-order chi connectivity index (χ0) is 14.7. The highest BCUT2D eigenvalue weighted by Crippen LogP contribution is 2.28. The number of hydrogen-bond donors (Lipinski definition) is 1. The van der Waals surface area contributed by atoms with Gasteiger partial charge in [-0.2, -0.15) is 0 Å². The molecule has 2 rings (SSSR count). The molecule has 0 bridgehead atoms. The van der Waals surface area contributed by atoms with Crippen molar-refractivity contribution in [1.82, 2.24) is 5.32 Å². The van der Waals surface area contributed by atoms with Crippen molar-refractivity contribution in [3.63, 3.8) is 0 Å². The van der Waals surface area contributed by atoms with E-state index in [0.29, 0.717) is 0 Å². The summed E-state index contributed by atoms with van der Waals surface area (Å²) in [5.41, 5.74) is 5.30. The van der Waals surface area contributed by atoms with Gasteiger partial charge in [0.1, 0.15) is 11.5 Å². The highest BCUT2D eigenvalue weighted by Gasteiger charge is 2.19. The minimum atomic E-state index is 0.139. The van der Waals surface area contributed by atoms with E-state index in [1.165, 1.54) is 22.3 Å². The molecule has 108 valence electrons.